The van der Waals surface area contributed by atoms with E-state index in [1.54, 1.807) is 0 Å². The van der Waals surface area contributed by atoms with Crippen molar-refractivity contribution >= 4 is 32.7 Å². The molecule has 0 spiro atoms. The molecular weight excluding hydrogens is 264 g/mol. The molecule has 0 aliphatic rings. The number of nitrogens with zero attached hydrogens (tertiary/aromatic N) is 1. The number of halogens is 1. The van der Waals surface area contributed by atoms with Crippen LogP contribution in [0.2, 0.25) is 0 Å². The molecule has 2 rings (SSSR count). The maximum Gasteiger partial charge on any atom is 0.129 e. The number of aromatic nitrogens is 1. The minimum Gasteiger partial charge on any atom is -0.373 e. The highest BCUT2D eigenvalue weighted by atomic mass is 79.9. The van der Waals surface area contributed by atoms with Crippen LogP contribution in [0.1, 0.15) is 18.1 Å². The molecule has 0 fully saturated rings. The first-order chi connectivity index (χ1) is 7.67. The number of rotatable bonds is 2. The van der Waals surface area contributed by atoms with Gasteiger partial charge in [-0.3, -0.25) is 0 Å². The van der Waals surface area contributed by atoms with Crippen molar-refractivity contribution in [2.24, 2.45) is 0 Å². The van der Waals surface area contributed by atoms with Gasteiger partial charge in [-0.05, 0) is 52.5 Å². The van der Waals surface area contributed by atoms with Crippen LogP contribution in [0, 0.1) is 6.92 Å². The van der Waals surface area contributed by atoms with Crippen molar-refractivity contribution in [2.75, 3.05) is 12.4 Å². The number of benzene rings is 1. The van der Waals surface area contributed by atoms with E-state index in [-0.39, 0.29) is 0 Å². The molecule has 0 saturated heterocycles. The zero-order valence-electron chi connectivity index (χ0n) is 9.76. The third-order valence-corrected chi connectivity index (χ3v) is 3.49. The quantitative estimate of drug-likeness (QED) is 0.901. The number of hydrogen-bond acceptors (Lipinski definition) is 2. The lowest BCUT2D eigenvalue weighted by molar-refractivity contribution is 1.11. The molecule has 1 heterocycles. The van der Waals surface area contributed by atoms with Crippen molar-refractivity contribution < 1.29 is 0 Å². The van der Waals surface area contributed by atoms with Gasteiger partial charge in [0.15, 0.2) is 0 Å². The summed E-state index contributed by atoms with van der Waals surface area (Å²) < 4.78 is 1.05. The minimum atomic E-state index is 0.973. The van der Waals surface area contributed by atoms with Gasteiger partial charge in [-0.25, -0.2) is 4.98 Å². The van der Waals surface area contributed by atoms with E-state index >= 15 is 0 Å². The van der Waals surface area contributed by atoms with Gasteiger partial charge in [-0.1, -0.05) is 13.0 Å². The molecule has 0 bridgehead atoms. The predicted molar refractivity (Wildman–Crippen MR) is 73.1 cm³/mol. The lowest BCUT2D eigenvalue weighted by Crippen LogP contribution is -1.99. The molecule has 1 aromatic carbocycles. The Balaban J connectivity index is 2.82. The molecule has 84 valence electrons. The van der Waals surface area contributed by atoms with Crippen molar-refractivity contribution in [1.29, 1.82) is 0 Å². The van der Waals surface area contributed by atoms with Crippen LogP contribution in [0.15, 0.2) is 22.7 Å². The average molecular weight is 279 g/mol. The molecule has 16 heavy (non-hydrogen) atoms. The number of fused-ring (bicyclic) bond motifs is 1. The summed E-state index contributed by atoms with van der Waals surface area (Å²) in [6.07, 6.45) is 0.991. The Labute approximate surface area is 104 Å². The molecule has 3 heteroatoms. The summed E-state index contributed by atoms with van der Waals surface area (Å²) in [5.74, 6) is 0.973. The third-order valence-electron chi connectivity index (χ3n) is 2.85. The van der Waals surface area contributed by atoms with E-state index in [9.17, 15) is 0 Å². The molecule has 0 atom stereocenters. The summed E-state index contributed by atoms with van der Waals surface area (Å²) in [6, 6.07) is 6.40. The fraction of sp³-hybridized carbons (Fsp3) is 0.308. The highest BCUT2D eigenvalue weighted by Gasteiger charge is 2.08. The molecule has 2 nitrogen and oxygen atoms in total. The van der Waals surface area contributed by atoms with E-state index in [0.717, 1.165) is 22.2 Å². The number of aryl methyl sites for hydroxylation is 2. The molecule has 0 aliphatic heterocycles. The van der Waals surface area contributed by atoms with Gasteiger partial charge >= 0.3 is 0 Å². The Hall–Kier alpha value is -1.09. The summed E-state index contributed by atoms with van der Waals surface area (Å²) in [5, 5.41) is 4.38. The smallest absolute Gasteiger partial charge is 0.129 e. The standard InChI is InChI=1S/C13H15BrN2/c1-4-9-7-10-8(2)5-6-11(14)12(10)16-13(9)15-3/h5-7H,4H2,1-3H3,(H,15,16). The first-order valence-corrected chi connectivity index (χ1v) is 6.23. The summed E-state index contributed by atoms with van der Waals surface area (Å²) >= 11 is 3.55. The van der Waals surface area contributed by atoms with E-state index in [0.29, 0.717) is 0 Å². The minimum absolute atomic E-state index is 0.973. The molecular formula is C13H15BrN2. The second-order valence-corrected chi connectivity index (χ2v) is 4.71. The van der Waals surface area contributed by atoms with Crippen LogP contribution >= 0.6 is 15.9 Å². The van der Waals surface area contributed by atoms with E-state index in [4.69, 9.17) is 0 Å². The summed E-state index contributed by atoms with van der Waals surface area (Å²) in [4.78, 5) is 4.67. The average Bonchev–Trinajstić information content (AvgIpc) is 2.32. The lowest BCUT2D eigenvalue weighted by Gasteiger charge is -2.11. The summed E-state index contributed by atoms with van der Waals surface area (Å²) in [6.45, 7) is 4.27. The van der Waals surface area contributed by atoms with Crippen LogP contribution < -0.4 is 5.32 Å². The van der Waals surface area contributed by atoms with Gasteiger partial charge in [0.1, 0.15) is 5.82 Å². The molecule has 0 radical (unpaired) electrons. The van der Waals surface area contributed by atoms with Gasteiger partial charge in [-0.2, -0.15) is 0 Å². The third kappa shape index (κ3) is 1.80. The zero-order valence-corrected chi connectivity index (χ0v) is 11.4. The highest BCUT2D eigenvalue weighted by Crippen LogP contribution is 2.28. The van der Waals surface area contributed by atoms with Crippen LogP contribution in [0.5, 0.6) is 0 Å². The van der Waals surface area contributed by atoms with Gasteiger partial charge in [0.25, 0.3) is 0 Å². The fourth-order valence-corrected chi connectivity index (χ4v) is 2.32. The van der Waals surface area contributed by atoms with Gasteiger partial charge in [0.05, 0.1) is 5.52 Å². The topological polar surface area (TPSA) is 24.9 Å². The van der Waals surface area contributed by atoms with Crippen molar-refractivity contribution in [1.82, 2.24) is 4.98 Å². The Morgan fingerprint density at radius 2 is 2.12 bits per heavy atom. The summed E-state index contributed by atoms with van der Waals surface area (Å²) in [5.41, 5.74) is 3.56. The van der Waals surface area contributed by atoms with Crippen LogP contribution in [0.4, 0.5) is 5.82 Å². The van der Waals surface area contributed by atoms with E-state index in [1.807, 2.05) is 7.05 Å². The Morgan fingerprint density at radius 3 is 2.75 bits per heavy atom. The van der Waals surface area contributed by atoms with Gasteiger partial charge in [0.2, 0.25) is 0 Å². The lowest BCUT2D eigenvalue weighted by atomic mass is 10.1. The van der Waals surface area contributed by atoms with Crippen molar-refractivity contribution in [3.63, 3.8) is 0 Å². The molecule has 0 aliphatic carbocycles. The Kier molecular flexibility index (Phi) is 3.15. The van der Waals surface area contributed by atoms with Crippen LogP contribution in [-0.4, -0.2) is 12.0 Å². The number of hydrogen-bond donors (Lipinski definition) is 1. The number of pyridine rings is 1. The van der Waals surface area contributed by atoms with Gasteiger partial charge < -0.3 is 5.32 Å². The van der Waals surface area contributed by atoms with Crippen molar-refractivity contribution in [3.8, 4) is 0 Å². The van der Waals surface area contributed by atoms with Gasteiger partial charge in [0, 0.05) is 16.9 Å². The monoisotopic (exact) mass is 278 g/mol. The second-order valence-electron chi connectivity index (χ2n) is 3.86. The SMILES string of the molecule is CCc1cc2c(C)ccc(Br)c2nc1NC. The Bertz CT molecular complexity index is 486. The molecule has 1 N–H and O–H groups in total. The second kappa shape index (κ2) is 4.42. The van der Waals surface area contributed by atoms with Crippen LogP contribution in [0.25, 0.3) is 10.9 Å². The van der Waals surface area contributed by atoms with E-state index in [1.165, 1.54) is 16.5 Å². The van der Waals surface area contributed by atoms with Crippen molar-refractivity contribution in [2.45, 2.75) is 20.3 Å². The normalized spacial score (nSPS) is 10.8. The molecule has 0 amide bonds. The van der Waals surface area contributed by atoms with Crippen molar-refractivity contribution in [3.05, 3.63) is 33.8 Å². The number of nitrogens with one attached hydrogen (secondary N) is 1. The first kappa shape index (κ1) is 11.4. The fourth-order valence-electron chi connectivity index (χ4n) is 1.89. The molecule has 2 aromatic rings. The Morgan fingerprint density at radius 1 is 1.38 bits per heavy atom. The maximum absolute atomic E-state index is 4.67. The molecule has 0 saturated carbocycles. The molecule has 0 unspecified atom stereocenters. The largest absolute Gasteiger partial charge is 0.373 e. The zero-order chi connectivity index (χ0) is 11.7. The van der Waals surface area contributed by atoms with Gasteiger partial charge in [-0.15, -0.1) is 0 Å². The van der Waals surface area contributed by atoms with E-state index in [2.05, 4.69) is 58.3 Å². The number of anilines is 1. The highest BCUT2D eigenvalue weighted by molar-refractivity contribution is 9.10. The molecule has 1 aromatic heterocycles. The van der Waals surface area contributed by atoms with Crippen LogP contribution in [-0.2, 0) is 6.42 Å². The van der Waals surface area contributed by atoms with E-state index < -0.39 is 0 Å². The summed E-state index contributed by atoms with van der Waals surface area (Å²) in [7, 11) is 1.91. The maximum atomic E-state index is 4.67. The van der Waals surface area contributed by atoms with Crippen LogP contribution in [0.3, 0.4) is 0 Å². The predicted octanol–water partition coefficient (Wildman–Crippen LogP) is 3.91. The first-order valence-electron chi connectivity index (χ1n) is 5.43.